The first-order valence-corrected chi connectivity index (χ1v) is 11.6. The summed E-state index contributed by atoms with van der Waals surface area (Å²) in [6.45, 7) is 3.77. The van der Waals surface area contributed by atoms with Gasteiger partial charge in [0.2, 0.25) is 0 Å². The van der Waals surface area contributed by atoms with E-state index in [1.165, 1.54) is 18.2 Å². The van der Waals surface area contributed by atoms with E-state index in [1.54, 1.807) is 31.5 Å². The molecule has 7 heteroatoms. The number of aromatic nitrogens is 2. The summed E-state index contributed by atoms with van der Waals surface area (Å²) in [4.78, 5) is 21.7. The zero-order chi connectivity index (χ0) is 24.4. The number of hydrogen-bond donors (Lipinski definition) is 2. The van der Waals surface area contributed by atoms with Crippen LogP contribution in [0.25, 0.3) is 11.3 Å². The Morgan fingerprint density at radius 1 is 1.15 bits per heavy atom. The first kappa shape index (κ1) is 24.1. The van der Waals surface area contributed by atoms with Crippen molar-refractivity contribution in [1.29, 1.82) is 0 Å². The largest absolute Gasteiger partial charge is 0.391 e. The highest BCUT2D eigenvalue weighted by atomic mass is 19.1. The lowest BCUT2D eigenvalue weighted by Gasteiger charge is -2.36. The van der Waals surface area contributed by atoms with Gasteiger partial charge in [-0.3, -0.25) is 9.78 Å². The molecule has 5 nitrogen and oxygen atoms in total. The van der Waals surface area contributed by atoms with E-state index in [1.807, 2.05) is 13.0 Å². The van der Waals surface area contributed by atoms with Crippen LogP contribution < -0.4 is 5.73 Å². The minimum atomic E-state index is -0.716. The Kier molecular flexibility index (Phi) is 7.14. The minimum Gasteiger partial charge on any atom is -0.391 e. The van der Waals surface area contributed by atoms with Gasteiger partial charge in [0.1, 0.15) is 17.3 Å². The molecule has 2 aromatic heterocycles. The maximum Gasteiger partial charge on any atom is 0.185 e. The van der Waals surface area contributed by atoms with Crippen molar-refractivity contribution in [3.63, 3.8) is 0 Å². The number of rotatable bonds is 6. The number of aliphatic hydroxyl groups excluding tert-OH is 1. The van der Waals surface area contributed by atoms with Crippen LogP contribution in [0.2, 0.25) is 0 Å². The quantitative estimate of drug-likeness (QED) is 0.519. The summed E-state index contributed by atoms with van der Waals surface area (Å²) in [5.74, 6) is -1.48. The fraction of sp³-hybridized carbons (Fsp3) is 0.370. The summed E-state index contributed by atoms with van der Waals surface area (Å²) in [6, 6.07) is 8.86. The van der Waals surface area contributed by atoms with E-state index in [0.29, 0.717) is 18.4 Å². The topological polar surface area (TPSA) is 89.1 Å². The van der Waals surface area contributed by atoms with E-state index in [0.717, 1.165) is 17.5 Å². The molecular weight excluding hydrogens is 436 g/mol. The van der Waals surface area contributed by atoms with Crippen molar-refractivity contribution in [3.05, 3.63) is 82.8 Å². The first-order valence-electron chi connectivity index (χ1n) is 11.6. The molecule has 1 aliphatic carbocycles. The Bertz CT molecular complexity index is 1190. The number of pyridine rings is 2. The third kappa shape index (κ3) is 4.76. The third-order valence-electron chi connectivity index (χ3n) is 6.81. The number of carbonyl (C=O) groups is 1. The van der Waals surface area contributed by atoms with Gasteiger partial charge in [-0.1, -0.05) is 26.0 Å². The summed E-state index contributed by atoms with van der Waals surface area (Å²) >= 11 is 0. The molecule has 0 saturated heterocycles. The van der Waals surface area contributed by atoms with Crippen molar-refractivity contribution in [1.82, 2.24) is 9.97 Å². The van der Waals surface area contributed by atoms with E-state index < -0.39 is 17.7 Å². The highest BCUT2D eigenvalue weighted by Gasteiger charge is 2.34. The summed E-state index contributed by atoms with van der Waals surface area (Å²) < 4.78 is 29.3. The van der Waals surface area contributed by atoms with Crippen LogP contribution >= 0.6 is 0 Å². The van der Waals surface area contributed by atoms with Crippen molar-refractivity contribution in [2.24, 2.45) is 11.7 Å². The second-order valence-electron chi connectivity index (χ2n) is 9.13. The number of carbonyl (C=O) groups excluding carboxylic acids is 1. The molecular formula is C27H29F2N3O2. The number of nitrogens with zero attached hydrogens (tertiary/aromatic N) is 2. The van der Waals surface area contributed by atoms with E-state index in [9.17, 15) is 18.7 Å². The zero-order valence-electron chi connectivity index (χ0n) is 19.3. The van der Waals surface area contributed by atoms with Gasteiger partial charge in [-0.05, 0) is 72.1 Å². The molecule has 3 aromatic rings. The molecule has 3 N–H and O–H groups in total. The molecule has 34 heavy (non-hydrogen) atoms. The Morgan fingerprint density at radius 3 is 2.68 bits per heavy atom. The van der Waals surface area contributed by atoms with Gasteiger partial charge in [0, 0.05) is 24.9 Å². The third-order valence-corrected chi connectivity index (χ3v) is 6.81. The number of benzene rings is 1. The van der Waals surface area contributed by atoms with Crippen molar-refractivity contribution in [2.45, 2.75) is 57.6 Å². The van der Waals surface area contributed by atoms with Crippen LogP contribution in [0, 0.1) is 17.6 Å². The van der Waals surface area contributed by atoms with E-state index in [-0.39, 0.29) is 47.0 Å². The zero-order valence-corrected chi connectivity index (χ0v) is 19.3. The second kappa shape index (κ2) is 10.1. The molecule has 0 unspecified atom stereocenters. The lowest BCUT2D eigenvalue weighted by Crippen LogP contribution is -2.44. The van der Waals surface area contributed by atoms with Gasteiger partial charge in [-0.2, -0.15) is 0 Å². The molecule has 1 aromatic carbocycles. The smallest absolute Gasteiger partial charge is 0.185 e. The number of Topliss-reactive ketones (excluding diaryl/α,β-unsaturated/α-hetero) is 1. The van der Waals surface area contributed by atoms with Crippen LogP contribution in [0.3, 0.4) is 0 Å². The molecule has 0 spiro atoms. The standard InChI is InChI=1S/C27H29F2N3O2/c1-3-16-7-8-20(28)25(26(16)29)23-6-4-5-22(32-23)24(33)13-18-14-31-10-9-19(18)17-11-15(2)27(34)21(30)12-17/h4-10,14-15,17,21,27,34H,3,11-13,30H2,1-2H3/t15-,17+,21+,27+/m0/s1. The summed E-state index contributed by atoms with van der Waals surface area (Å²) in [6.07, 6.45) is 4.68. The van der Waals surface area contributed by atoms with Gasteiger partial charge in [0.15, 0.2) is 5.78 Å². The number of hydrogen-bond acceptors (Lipinski definition) is 5. The maximum absolute atomic E-state index is 14.8. The van der Waals surface area contributed by atoms with Crippen LogP contribution in [-0.4, -0.2) is 33.0 Å². The van der Waals surface area contributed by atoms with Gasteiger partial charge in [0.05, 0.1) is 17.4 Å². The molecule has 1 aliphatic rings. The van der Waals surface area contributed by atoms with Crippen LogP contribution in [0.4, 0.5) is 8.78 Å². The second-order valence-corrected chi connectivity index (χ2v) is 9.13. The van der Waals surface area contributed by atoms with Crippen molar-refractivity contribution >= 4 is 5.78 Å². The average molecular weight is 466 g/mol. The van der Waals surface area contributed by atoms with Crippen molar-refractivity contribution < 1.29 is 18.7 Å². The number of nitrogens with two attached hydrogens (primary N) is 1. The predicted molar refractivity (Wildman–Crippen MR) is 126 cm³/mol. The van der Waals surface area contributed by atoms with Crippen LogP contribution in [0.15, 0.2) is 48.8 Å². The van der Waals surface area contributed by atoms with E-state index >= 15 is 0 Å². The number of aryl methyl sites for hydroxylation is 1. The molecule has 0 bridgehead atoms. The summed E-state index contributed by atoms with van der Waals surface area (Å²) in [7, 11) is 0. The summed E-state index contributed by atoms with van der Waals surface area (Å²) in [5.41, 5.74) is 8.30. The fourth-order valence-electron chi connectivity index (χ4n) is 4.91. The van der Waals surface area contributed by atoms with Crippen molar-refractivity contribution in [2.75, 3.05) is 0 Å². The highest BCUT2D eigenvalue weighted by Crippen LogP contribution is 2.37. The molecule has 1 saturated carbocycles. The fourth-order valence-corrected chi connectivity index (χ4v) is 4.91. The number of aliphatic hydroxyl groups is 1. The Labute approximate surface area is 198 Å². The monoisotopic (exact) mass is 465 g/mol. The van der Waals surface area contributed by atoms with Gasteiger partial charge in [-0.15, -0.1) is 0 Å². The number of halogens is 2. The minimum absolute atomic E-state index is 0.0486. The van der Waals surface area contributed by atoms with Gasteiger partial charge < -0.3 is 10.8 Å². The Morgan fingerprint density at radius 2 is 1.94 bits per heavy atom. The molecule has 4 rings (SSSR count). The molecule has 4 atom stereocenters. The SMILES string of the molecule is CCc1ccc(F)c(-c2cccc(C(=O)Cc3cnccc3[C@H]3C[C@@H](N)[C@H](O)[C@@H](C)C3)n2)c1F. The highest BCUT2D eigenvalue weighted by molar-refractivity contribution is 5.96. The predicted octanol–water partition coefficient (Wildman–Crippen LogP) is 4.61. The van der Waals surface area contributed by atoms with E-state index in [2.05, 4.69) is 9.97 Å². The molecule has 2 heterocycles. The van der Waals surface area contributed by atoms with Gasteiger partial charge >= 0.3 is 0 Å². The molecule has 1 fully saturated rings. The normalized spacial score (nSPS) is 22.5. The molecule has 0 aliphatic heterocycles. The van der Waals surface area contributed by atoms with E-state index in [4.69, 9.17) is 5.73 Å². The van der Waals surface area contributed by atoms with Crippen molar-refractivity contribution in [3.8, 4) is 11.3 Å². The van der Waals surface area contributed by atoms with Crippen LogP contribution in [0.5, 0.6) is 0 Å². The summed E-state index contributed by atoms with van der Waals surface area (Å²) in [5, 5.41) is 10.2. The van der Waals surface area contributed by atoms with Gasteiger partial charge in [-0.25, -0.2) is 13.8 Å². The number of ketones is 1. The van der Waals surface area contributed by atoms with Crippen LogP contribution in [-0.2, 0) is 12.8 Å². The van der Waals surface area contributed by atoms with Gasteiger partial charge in [0.25, 0.3) is 0 Å². The average Bonchev–Trinajstić information content (AvgIpc) is 2.83. The Balaban J connectivity index is 1.61. The molecule has 178 valence electrons. The molecule has 0 radical (unpaired) electrons. The Hall–Kier alpha value is -3.03. The molecule has 0 amide bonds. The first-order chi connectivity index (χ1) is 16.3. The lowest BCUT2D eigenvalue weighted by molar-refractivity contribution is 0.0519. The lowest BCUT2D eigenvalue weighted by atomic mass is 9.74. The maximum atomic E-state index is 14.8. The van der Waals surface area contributed by atoms with Crippen LogP contribution in [0.1, 0.15) is 59.8 Å².